The highest BCUT2D eigenvalue weighted by Crippen LogP contribution is 1.95. The topological polar surface area (TPSA) is 3.24 Å². The van der Waals surface area contributed by atoms with E-state index in [2.05, 4.69) is 30.6 Å². The van der Waals surface area contributed by atoms with Crippen molar-refractivity contribution in [3.8, 4) is 11.8 Å². The molecule has 0 aromatic carbocycles. The minimum Gasteiger partial charge on any atom is -0.299 e. The second-order valence-corrected chi connectivity index (χ2v) is 3.19. The van der Waals surface area contributed by atoms with Gasteiger partial charge in [0.25, 0.3) is 0 Å². The van der Waals surface area contributed by atoms with Crippen LogP contribution in [0.25, 0.3) is 0 Å². The Morgan fingerprint density at radius 3 is 2.20 bits per heavy atom. The molecule has 0 heterocycles. The van der Waals surface area contributed by atoms with E-state index in [1.807, 2.05) is 14.1 Å². The number of nitrogens with zero attached hydrogens (tertiary/aromatic N) is 1. The molecule has 10 heavy (non-hydrogen) atoms. The van der Waals surface area contributed by atoms with Gasteiger partial charge in [0, 0.05) is 6.42 Å². The lowest BCUT2D eigenvalue weighted by Gasteiger charge is -2.01. The molecule has 58 valence electrons. The molecule has 1 nitrogen and oxygen atoms in total. The Morgan fingerprint density at radius 1 is 1.20 bits per heavy atom. The van der Waals surface area contributed by atoms with E-state index in [0.29, 0.717) is 5.92 Å². The lowest BCUT2D eigenvalue weighted by molar-refractivity contribution is 0.463. The number of hydrogen-bond donors (Lipinski definition) is 0. The van der Waals surface area contributed by atoms with E-state index in [0.717, 1.165) is 13.0 Å². The van der Waals surface area contributed by atoms with Crippen LogP contribution in [0.1, 0.15) is 20.3 Å². The minimum atomic E-state index is 0.703. The second-order valence-electron chi connectivity index (χ2n) is 3.19. The van der Waals surface area contributed by atoms with Crippen molar-refractivity contribution in [1.29, 1.82) is 0 Å². The molecule has 0 amide bonds. The lowest BCUT2D eigenvalue weighted by atomic mass is 10.1. The zero-order valence-corrected chi connectivity index (χ0v) is 7.44. The van der Waals surface area contributed by atoms with Crippen LogP contribution >= 0.6 is 0 Å². The maximum Gasteiger partial charge on any atom is 0.0596 e. The summed E-state index contributed by atoms with van der Waals surface area (Å²) >= 11 is 0. The Hall–Kier alpha value is -0.480. The molecule has 0 unspecified atom stereocenters. The van der Waals surface area contributed by atoms with Gasteiger partial charge in [-0.15, -0.1) is 5.92 Å². The van der Waals surface area contributed by atoms with Crippen LogP contribution in [-0.4, -0.2) is 25.5 Å². The predicted molar refractivity (Wildman–Crippen MR) is 45.8 cm³/mol. The molecule has 0 radical (unpaired) electrons. The third kappa shape index (κ3) is 7.52. The molecular weight excluding hydrogens is 122 g/mol. The zero-order valence-electron chi connectivity index (χ0n) is 7.44. The molecule has 0 aliphatic rings. The van der Waals surface area contributed by atoms with E-state index in [1.165, 1.54) is 0 Å². The van der Waals surface area contributed by atoms with E-state index in [9.17, 15) is 0 Å². The highest BCUT2D eigenvalue weighted by molar-refractivity contribution is 5.00. The molecule has 0 aliphatic carbocycles. The molecule has 0 saturated carbocycles. The molecule has 0 fully saturated rings. The SMILES string of the molecule is CC(C)CC#CCN(C)C. The van der Waals surface area contributed by atoms with Gasteiger partial charge in [0.1, 0.15) is 0 Å². The Bertz CT molecular complexity index is 111. The minimum absolute atomic E-state index is 0.703. The average Bonchev–Trinajstić information content (AvgIpc) is 1.79. The van der Waals surface area contributed by atoms with Crippen molar-refractivity contribution in [1.82, 2.24) is 4.90 Å². The van der Waals surface area contributed by atoms with Crippen LogP contribution in [0, 0.1) is 17.8 Å². The van der Waals surface area contributed by atoms with E-state index in [4.69, 9.17) is 0 Å². The first-order chi connectivity index (χ1) is 4.63. The Labute approximate surface area is 64.4 Å². The van der Waals surface area contributed by atoms with Crippen molar-refractivity contribution >= 4 is 0 Å². The highest BCUT2D eigenvalue weighted by Gasteiger charge is 1.86. The second kappa shape index (κ2) is 5.32. The van der Waals surface area contributed by atoms with Crippen LogP contribution in [0.2, 0.25) is 0 Å². The fraction of sp³-hybridized carbons (Fsp3) is 0.778. The van der Waals surface area contributed by atoms with Gasteiger partial charge in [-0.25, -0.2) is 0 Å². The number of hydrogen-bond acceptors (Lipinski definition) is 1. The quantitative estimate of drug-likeness (QED) is 0.525. The Balaban J connectivity index is 3.32. The van der Waals surface area contributed by atoms with Gasteiger partial charge in [0.15, 0.2) is 0 Å². The maximum atomic E-state index is 3.12. The van der Waals surface area contributed by atoms with Crippen LogP contribution in [0.5, 0.6) is 0 Å². The van der Waals surface area contributed by atoms with E-state index in [-0.39, 0.29) is 0 Å². The van der Waals surface area contributed by atoms with Gasteiger partial charge in [0.2, 0.25) is 0 Å². The van der Waals surface area contributed by atoms with Gasteiger partial charge < -0.3 is 0 Å². The third-order valence-electron chi connectivity index (χ3n) is 1.03. The molecule has 0 aromatic heterocycles. The van der Waals surface area contributed by atoms with Crippen LogP contribution in [0.4, 0.5) is 0 Å². The first-order valence-corrected chi connectivity index (χ1v) is 3.73. The van der Waals surface area contributed by atoms with Gasteiger partial charge in [-0.1, -0.05) is 19.8 Å². The summed E-state index contributed by atoms with van der Waals surface area (Å²) < 4.78 is 0. The average molecular weight is 139 g/mol. The third-order valence-corrected chi connectivity index (χ3v) is 1.03. The van der Waals surface area contributed by atoms with Crippen molar-refractivity contribution in [2.75, 3.05) is 20.6 Å². The Kier molecular flexibility index (Phi) is 5.06. The standard InChI is InChI=1S/C9H17N/c1-9(2)7-5-6-8-10(3)4/h9H,7-8H2,1-4H3. The summed E-state index contributed by atoms with van der Waals surface area (Å²) in [7, 11) is 4.06. The van der Waals surface area contributed by atoms with E-state index < -0.39 is 0 Å². The molecule has 0 spiro atoms. The van der Waals surface area contributed by atoms with Crippen molar-refractivity contribution in [3.05, 3.63) is 0 Å². The van der Waals surface area contributed by atoms with Crippen molar-refractivity contribution < 1.29 is 0 Å². The summed E-state index contributed by atoms with van der Waals surface area (Å²) in [5, 5.41) is 0. The van der Waals surface area contributed by atoms with Crippen LogP contribution < -0.4 is 0 Å². The van der Waals surface area contributed by atoms with Gasteiger partial charge in [0.05, 0.1) is 6.54 Å². The summed E-state index contributed by atoms with van der Waals surface area (Å²) in [6.45, 7) is 5.25. The summed E-state index contributed by atoms with van der Waals surface area (Å²) in [6.07, 6.45) is 1.02. The van der Waals surface area contributed by atoms with Crippen LogP contribution in [0.3, 0.4) is 0 Å². The van der Waals surface area contributed by atoms with Crippen LogP contribution in [-0.2, 0) is 0 Å². The predicted octanol–water partition coefficient (Wildman–Crippen LogP) is 1.60. The Morgan fingerprint density at radius 2 is 1.80 bits per heavy atom. The highest BCUT2D eigenvalue weighted by atomic mass is 15.0. The van der Waals surface area contributed by atoms with Crippen molar-refractivity contribution in [3.63, 3.8) is 0 Å². The van der Waals surface area contributed by atoms with Crippen molar-refractivity contribution in [2.45, 2.75) is 20.3 Å². The first kappa shape index (κ1) is 9.52. The molecule has 0 aliphatic heterocycles. The van der Waals surface area contributed by atoms with Gasteiger partial charge in [-0.05, 0) is 20.0 Å². The van der Waals surface area contributed by atoms with E-state index >= 15 is 0 Å². The number of rotatable bonds is 2. The largest absolute Gasteiger partial charge is 0.299 e. The summed E-state index contributed by atoms with van der Waals surface area (Å²) in [4.78, 5) is 2.08. The summed E-state index contributed by atoms with van der Waals surface area (Å²) in [5.41, 5.74) is 0. The smallest absolute Gasteiger partial charge is 0.0596 e. The van der Waals surface area contributed by atoms with Gasteiger partial charge in [-0.3, -0.25) is 4.90 Å². The first-order valence-electron chi connectivity index (χ1n) is 3.73. The van der Waals surface area contributed by atoms with Crippen molar-refractivity contribution in [2.24, 2.45) is 5.92 Å². The molecule has 0 rings (SSSR count). The molecular formula is C9H17N. The molecule has 0 atom stereocenters. The molecule has 0 aromatic rings. The molecule has 0 N–H and O–H groups in total. The monoisotopic (exact) mass is 139 g/mol. The molecule has 0 bridgehead atoms. The fourth-order valence-electron chi connectivity index (χ4n) is 0.490. The molecule has 0 saturated heterocycles. The normalized spacial score (nSPS) is 9.80. The lowest BCUT2D eigenvalue weighted by Crippen LogP contribution is -2.10. The van der Waals surface area contributed by atoms with E-state index in [1.54, 1.807) is 0 Å². The summed E-state index contributed by atoms with van der Waals surface area (Å²) in [5.74, 6) is 6.92. The maximum absolute atomic E-state index is 3.12. The van der Waals surface area contributed by atoms with Gasteiger partial charge >= 0.3 is 0 Å². The zero-order chi connectivity index (χ0) is 7.98. The summed E-state index contributed by atoms with van der Waals surface area (Å²) in [6, 6.07) is 0. The van der Waals surface area contributed by atoms with Gasteiger partial charge in [-0.2, -0.15) is 0 Å². The van der Waals surface area contributed by atoms with Crippen LogP contribution in [0.15, 0.2) is 0 Å². The molecule has 1 heteroatoms. The fourth-order valence-corrected chi connectivity index (χ4v) is 0.490.